The first-order valence-electron chi connectivity index (χ1n) is 7.32. The molecular weight excluding hydrogens is 262 g/mol. The Morgan fingerprint density at radius 3 is 2.57 bits per heavy atom. The van der Waals surface area contributed by atoms with Crippen molar-refractivity contribution in [3.8, 4) is 0 Å². The third kappa shape index (κ3) is 3.91. The first kappa shape index (κ1) is 15.2. The van der Waals surface area contributed by atoms with Crippen LogP contribution in [0.15, 0.2) is 42.5 Å². The number of carbonyl (C=O) groups is 2. The fourth-order valence-corrected chi connectivity index (χ4v) is 2.54. The highest BCUT2D eigenvalue weighted by Gasteiger charge is 2.20. The van der Waals surface area contributed by atoms with Gasteiger partial charge in [0.2, 0.25) is 5.91 Å². The van der Waals surface area contributed by atoms with E-state index in [0.29, 0.717) is 6.42 Å². The van der Waals surface area contributed by atoms with Crippen LogP contribution < -0.4 is 5.32 Å². The summed E-state index contributed by atoms with van der Waals surface area (Å²) in [7, 11) is 0. The number of benzene rings is 2. The van der Waals surface area contributed by atoms with Crippen LogP contribution in [0.25, 0.3) is 10.8 Å². The lowest BCUT2D eigenvalue weighted by Crippen LogP contribution is -2.36. The van der Waals surface area contributed by atoms with Gasteiger partial charge in [-0.2, -0.15) is 0 Å². The summed E-state index contributed by atoms with van der Waals surface area (Å²) in [5, 5.41) is 5.20. The van der Waals surface area contributed by atoms with Gasteiger partial charge >= 0.3 is 0 Å². The number of hydrogen-bond donors (Lipinski definition) is 1. The van der Waals surface area contributed by atoms with Gasteiger partial charge in [-0.15, -0.1) is 0 Å². The van der Waals surface area contributed by atoms with Crippen LogP contribution in [0.2, 0.25) is 0 Å². The molecule has 3 nitrogen and oxygen atoms in total. The van der Waals surface area contributed by atoms with Crippen molar-refractivity contribution in [2.75, 3.05) is 0 Å². The van der Waals surface area contributed by atoms with E-state index in [9.17, 15) is 9.59 Å². The molecule has 1 N–H and O–H groups in total. The molecule has 110 valence electrons. The Kier molecular flexibility index (Phi) is 5.09. The predicted molar refractivity (Wildman–Crippen MR) is 85.1 cm³/mol. The van der Waals surface area contributed by atoms with E-state index in [0.717, 1.165) is 22.6 Å². The van der Waals surface area contributed by atoms with Crippen molar-refractivity contribution in [3.05, 3.63) is 48.0 Å². The van der Waals surface area contributed by atoms with E-state index in [4.69, 9.17) is 0 Å². The maximum atomic E-state index is 12.2. The van der Waals surface area contributed by atoms with Crippen LogP contribution in [0.1, 0.15) is 25.8 Å². The molecule has 0 aliphatic rings. The normalized spacial score (nSPS) is 12.3. The van der Waals surface area contributed by atoms with E-state index in [2.05, 4.69) is 23.5 Å². The molecule has 0 aliphatic heterocycles. The molecule has 2 aromatic carbocycles. The Morgan fingerprint density at radius 1 is 1.14 bits per heavy atom. The largest absolute Gasteiger partial charge is 0.354 e. The zero-order chi connectivity index (χ0) is 15.2. The summed E-state index contributed by atoms with van der Waals surface area (Å²) in [6.45, 7) is 3.85. The van der Waals surface area contributed by atoms with Gasteiger partial charge in [-0.1, -0.05) is 42.5 Å². The summed E-state index contributed by atoms with van der Waals surface area (Å²) in [5.74, 6) is -0.360. The maximum absolute atomic E-state index is 12.2. The van der Waals surface area contributed by atoms with Crippen LogP contribution in [0, 0.1) is 5.92 Å². The van der Waals surface area contributed by atoms with E-state index in [1.165, 1.54) is 0 Å². The zero-order valence-corrected chi connectivity index (χ0v) is 12.5. The topological polar surface area (TPSA) is 46.2 Å². The fraction of sp³-hybridized carbons (Fsp3) is 0.333. The molecule has 0 radical (unpaired) electrons. The van der Waals surface area contributed by atoms with Crippen LogP contribution in [0.3, 0.4) is 0 Å². The molecule has 0 aliphatic carbocycles. The molecular formula is C18H21NO2. The second kappa shape index (κ2) is 7.02. The van der Waals surface area contributed by atoms with E-state index >= 15 is 0 Å². The summed E-state index contributed by atoms with van der Waals surface area (Å²) >= 11 is 0. The van der Waals surface area contributed by atoms with Crippen molar-refractivity contribution in [2.45, 2.75) is 32.7 Å². The second-order valence-electron chi connectivity index (χ2n) is 5.60. The van der Waals surface area contributed by atoms with Crippen molar-refractivity contribution < 1.29 is 9.59 Å². The SMILES string of the molecule is CC(C)NC(=O)C(CC=O)Cc1cccc2ccccc12. The van der Waals surface area contributed by atoms with Gasteiger partial charge in [0.1, 0.15) is 6.29 Å². The smallest absolute Gasteiger partial charge is 0.224 e. The molecule has 1 amide bonds. The van der Waals surface area contributed by atoms with Gasteiger partial charge in [0.05, 0.1) is 0 Å². The molecule has 2 rings (SSSR count). The Morgan fingerprint density at radius 2 is 1.86 bits per heavy atom. The number of rotatable bonds is 6. The summed E-state index contributed by atoms with van der Waals surface area (Å²) in [5.41, 5.74) is 1.11. The van der Waals surface area contributed by atoms with Gasteiger partial charge in [0, 0.05) is 18.4 Å². The van der Waals surface area contributed by atoms with Crippen LogP contribution >= 0.6 is 0 Å². The van der Waals surface area contributed by atoms with Gasteiger partial charge in [-0.05, 0) is 36.6 Å². The average Bonchev–Trinajstić information content (AvgIpc) is 2.46. The third-order valence-electron chi connectivity index (χ3n) is 3.53. The molecule has 0 bridgehead atoms. The van der Waals surface area contributed by atoms with E-state index in [1.54, 1.807) is 0 Å². The summed E-state index contributed by atoms with van der Waals surface area (Å²) in [4.78, 5) is 23.1. The Labute approximate surface area is 125 Å². The van der Waals surface area contributed by atoms with Crippen molar-refractivity contribution in [1.29, 1.82) is 0 Å². The Hall–Kier alpha value is -2.16. The van der Waals surface area contributed by atoms with Crippen molar-refractivity contribution in [1.82, 2.24) is 5.32 Å². The lowest BCUT2D eigenvalue weighted by Gasteiger charge is -2.17. The van der Waals surface area contributed by atoms with Crippen LogP contribution in [0.4, 0.5) is 0 Å². The number of nitrogens with one attached hydrogen (secondary N) is 1. The summed E-state index contributed by atoms with van der Waals surface area (Å²) < 4.78 is 0. The lowest BCUT2D eigenvalue weighted by atomic mass is 9.92. The highest BCUT2D eigenvalue weighted by molar-refractivity contribution is 5.87. The summed E-state index contributed by atoms with van der Waals surface area (Å²) in [6, 6.07) is 14.3. The van der Waals surface area contributed by atoms with Crippen LogP contribution in [0.5, 0.6) is 0 Å². The van der Waals surface area contributed by atoms with Gasteiger partial charge in [-0.3, -0.25) is 4.79 Å². The van der Waals surface area contributed by atoms with Gasteiger partial charge < -0.3 is 10.1 Å². The summed E-state index contributed by atoms with van der Waals surface area (Å²) in [6.07, 6.45) is 1.66. The molecule has 0 heterocycles. The minimum atomic E-state index is -0.310. The number of hydrogen-bond acceptors (Lipinski definition) is 2. The van der Waals surface area contributed by atoms with E-state index in [1.807, 2.05) is 38.1 Å². The number of fused-ring (bicyclic) bond motifs is 1. The molecule has 1 unspecified atom stereocenters. The molecule has 2 aromatic rings. The second-order valence-corrected chi connectivity index (χ2v) is 5.60. The van der Waals surface area contributed by atoms with Crippen molar-refractivity contribution in [3.63, 3.8) is 0 Å². The quantitative estimate of drug-likeness (QED) is 0.828. The minimum Gasteiger partial charge on any atom is -0.354 e. The highest BCUT2D eigenvalue weighted by atomic mass is 16.2. The van der Waals surface area contributed by atoms with Gasteiger partial charge in [0.15, 0.2) is 0 Å². The molecule has 0 saturated heterocycles. The van der Waals surface area contributed by atoms with Gasteiger partial charge in [0.25, 0.3) is 0 Å². The monoisotopic (exact) mass is 283 g/mol. The standard InChI is InChI=1S/C18H21NO2/c1-13(2)19-18(21)16(10-11-20)12-15-8-5-7-14-6-3-4-9-17(14)15/h3-9,11,13,16H,10,12H2,1-2H3,(H,19,21). The van der Waals surface area contributed by atoms with E-state index < -0.39 is 0 Å². The molecule has 0 aromatic heterocycles. The first-order chi connectivity index (χ1) is 10.1. The number of aldehydes is 1. The highest BCUT2D eigenvalue weighted by Crippen LogP contribution is 2.22. The fourth-order valence-electron chi connectivity index (χ4n) is 2.54. The molecule has 0 fully saturated rings. The predicted octanol–water partition coefficient (Wildman–Crippen LogP) is 3.11. The van der Waals surface area contributed by atoms with Gasteiger partial charge in [-0.25, -0.2) is 0 Å². The number of carbonyl (C=O) groups excluding carboxylic acids is 2. The molecule has 0 saturated carbocycles. The molecule has 3 heteroatoms. The maximum Gasteiger partial charge on any atom is 0.224 e. The van der Waals surface area contributed by atoms with Crippen LogP contribution in [-0.4, -0.2) is 18.2 Å². The average molecular weight is 283 g/mol. The van der Waals surface area contributed by atoms with Crippen molar-refractivity contribution >= 4 is 23.0 Å². The Bertz CT molecular complexity index is 629. The first-order valence-corrected chi connectivity index (χ1v) is 7.32. The number of amides is 1. The van der Waals surface area contributed by atoms with E-state index in [-0.39, 0.29) is 24.3 Å². The molecule has 0 spiro atoms. The van der Waals surface area contributed by atoms with Crippen molar-refractivity contribution in [2.24, 2.45) is 5.92 Å². The Balaban J connectivity index is 2.26. The molecule has 1 atom stereocenters. The third-order valence-corrected chi connectivity index (χ3v) is 3.53. The zero-order valence-electron chi connectivity index (χ0n) is 12.5. The minimum absolute atomic E-state index is 0.0509. The lowest BCUT2D eigenvalue weighted by molar-refractivity contribution is -0.127. The van der Waals surface area contributed by atoms with Crippen LogP contribution in [-0.2, 0) is 16.0 Å². The molecule has 21 heavy (non-hydrogen) atoms.